The summed E-state index contributed by atoms with van der Waals surface area (Å²) < 4.78 is 21.2. The van der Waals surface area contributed by atoms with Crippen molar-refractivity contribution in [1.29, 1.82) is 0 Å². The smallest absolute Gasteiger partial charge is 0.263 e. The zero-order chi connectivity index (χ0) is 18.7. The molecule has 26 heavy (non-hydrogen) atoms. The molecule has 138 valence electrons. The summed E-state index contributed by atoms with van der Waals surface area (Å²) in [5.41, 5.74) is 5.38. The SMILES string of the molecule is NC(=O)c1cccn(C[C@@H]2CNCCO[C@H]2c2ccc(Cl)c(F)c2)c1=O. The Balaban J connectivity index is 1.93. The van der Waals surface area contributed by atoms with Crippen molar-refractivity contribution >= 4 is 17.5 Å². The standard InChI is InChI=1S/C18H19ClFN3O3/c19-14-4-3-11(8-15(14)20)16-12(9-22-5-7-26-16)10-23-6-1-2-13(17(21)24)18(23)25/h1-4,6,8,12,16,22H,5,7,9-10H2,(H2,21,24)/t12-,16-/m0/s1. The largest absolute Gasteiger partial charge is 0.372 e. The number of carbonyl (C=O) groups is 1. The number of nitrogens with one attached hydrogen (secondary N) is 1. The highest BCUT2D eigenvalue weighted by molar-refractivity contribution is 6.30. The first-order chi connectivity index (χ1) is 12.5. The van der Waals surface area contributed by atoms with Gasteiger partial charge in [0.25, 0.3) is 11.5 Å². The number of rotatable bonds is 4. The fourth-order valence-electron chi connectivity index (χ4n) is 3.13. The fourth-order valence-corrected chi connectivity index (χ4v) is 3.25. The molecule has 2 heterocycles. The minimum atomic E-state index is -0.768. The normalized spacial score (nSPS) is 20.5. The number of aromatic nitrogens is 1. The Hall–Kier alpha value is -2.22. The molecule has 1 aromatic carbocycles. The van der Waals surface area contributed by atoms with E-state index >= 15 is 0 Å². The second-order valence-corrected chi connectivity index (χ2v) is 6.58. The van der Waals surface area contributed by atoms with E-state index in [1.165, 1.54) is 22.8 Å². The topological polar surface area (TPSA) is 86.3 Å². The highest BCUT2D eigenvalue weighted by Gasteiger charge is 2.27. The molecule has 1 aromatic heterocycles. The number of carbonyl (C=O) groups excluding carboxylic acids is 1. The summed E-state index contributed by atoms with van der Waals surface area (Å²) in [5, 5.41) is 3.29. The van der Waals surface area contributed by atoms with Crippen molar-refractivity contribution in [2.24, 2.45) is 11.7 Å². The lowest BCUT2D eigenvalue weighted by Crippen LogP contribution is -2.35. The molecule has 3 N–H and O–H groups in total. The molecule has 0 spiro atoms. The molecule has 1 fully saturated rings. The number of hydrogen-bond acceptors (Lipinski definition) is 4. The number of ether oxygens (including phenoxy) is 1. The van der Waals surface area contributed by atoms with Gasteiger partial charge in [-0.25, -0.2) is 4.39 Å². The van der Waals surface area contributed by atoms with E-state index in [-0.39, 0.29) is 16.5 Å². The van der Waals surface area contributed by atoms with Crippen molar-refractivity contribution in [1.82, 2.24) is 9.88 Å². The van der Waals surface area contributed by atoms with Crippen LogP contribution < -0.4 is 16.6 Å². The first-order valence-electron chi connectivity index (χ1n) is 8.24. The van der Waals surface area contributed by atoms with Crippen LogP contribution in [0, 0.1) is 11.7 Å². The summed E-state index contributed by atoms with van der Waals surface area (Å²) in [6.45, 7) is 1.98. The lowest BCUT2D eigenvalue weighted by atomic mass is 9.95. The van der Waals surface area contributed by atoms with Crippen LogP contribution in [0.3, 0.4) is 0 Å². The van der Waals surface area contributed by atoms with Gasteiger partial charge in [0.2, 0.25) is 0 Å². The third-order valence-electron chi connectivity index (χ3n) is 4.40. The predicted molar refractivity (Wildman–Crippen MR) is 95.7 cm³/mol. The summed E-state index contributed by atoms with van der Waals surface area (Å²) in [4.78, 5) is 23.8. The molecule has 0 unspecified atom stereocenters. The lowest BCUT2D eigenvalue weighted by Gasteiger charge is -2.26. The quantitative estimate of drug-likeness (QED) is 0.846. The zero-order valence-electron chi connectivity index (χ0n) is 14.0. The molecule has 3 rings (SSSR count). The second kappa shape index (κ2) is 7.99. The molecule has 0 aliphatic carbocycles. The molecule has 0 saturated carbocycles. The number of amides is 1. The van der Waals surface area contributed by atoms with Crippen molar-refractivity contribution < 1.29 is 13.9 Å². The average Bonchev–Trinajstić information content (AvgIpc) is 2.84. The number of nitrogens with zero attached hydrogens (tertiary/aromatic N) is 1. The van der Waals surface area contributed by atoms with Gasteiger partial charge in [-0.2, -0.15) is 0 Å². The first kappa shape index (κ1) is 18.6. The molecular weight excluding hydrogens is 361 g/mol. The van der Waals surface area contributed by atoms with E-state index in [4.69, 9.17) is 22.1 Å². The number of benzene rings is 1. The van der Waals surface area contributed by atoms with Gasteiger partial charge in [0, 0.05) is 31.7 Å². The van der Waals surface area contributed by atoms with Crippen LogP contribution in [0.5, 0.6) is 0 Å². The van der Waals surface area contributed by atoms with E-state index in [0.29, 0.717) is 31.8 Å². The predicted octanol–water partition coefficient (Wildman–Crippen LogP) is 1.72. The van der Waals surface area contributed by atoms with Gasteiger partial charge in [0.15, 0.2) is 0 Å². The molecule has 0 radical (unpaired) electrons. The third kappa shape index (κ3) is 3.95. The molecule has 2 aromatic rings. The zero-order valence-corrected chi connectivity index (χ0v) is 14.7. The number of primary amides is 1. The molecule has 1 saturated heterocycles. The first-order valence-corrected chi connectivity index (χ1v) is 8.61. The number of nitrogens with two attached hydrogens (primary N) is 1. The maximum atomic E-state index is 13.9. The van der Waals surface area contributed by atoms with Crippen molar-refractivity contribution in [3.8, 4) is 0 Å². The Morgan fingerprint density at radius 3 is 2.96 bits per heavy atom. The number of halogens is 2. The van der Waals surface area contributed by atoms with Crippen molar-refractivity contribution in [2.45, 2.75) is 12.6 Å². The second-order valence-electron chi connectivity index (χ2n) is 6.17. The highest BCUT2D eigenvalue weighted by atomic mass is 35.5. The van der Waals surface area contributed by atoms with Gasteiger partial charge in [0.05, 0.1) is 17.7 Å². The summed E-state index contributed by atoms with van der Waals surface area (Å²) in [6.07, 6.45) is 1.18. The van der Waals surface area contributed by atoms with Gasteiger partial charge < -0.3 is 20.4 Å². The maximum Gasteiger partial charge on any atom is 0.263 e. The van der Waals surface area contributed by atoms with E-state index in [2.05, 4.69) is 5.32 Å². The lowest BCUT2D eigenvalue weighted by molar-refractivity contribution is 0.0248. The van der Waals surface area contributed by atoms with Crippen LogP contribution in [0.15, 0.2) is 41.3 Å². The average molecular weight is 380 g/mol. The maximum absolute atomic E-state index is 13.9. The number of hydrogen-bond donors (Lipinski definition) is 2. The summed E-state index contributed by atoms with van der Waals surface area (Å²) >= 11 is 5.77. The van der Waals surface area contributed by atoms with Crippen molar-refractivity contribution in [3.63, 3.8) is 0 Å². The van der Waals surface area contributed by atoms with Gasteiger partial charge in [-0.05, 0) is 29.8 Å². The van der Waals surface area contributed by atoms with Crippen LogP contribution in [-0.4, -0.2) is 30.2 Å². The molecule has 1 amide bonds. The molecule has 1 aliphatic rings. The Labute approximate surface area is 154 Å². The van der Waals surface area contributed by atoms with Crippen LogP contribution in [0.2, 0.25) is 5.02 Å². The van der Waals surface area contributed by atoms with Crippen molar-refractivity contribution in [3.05, 3.63) is 68.8 Å². The van der Waals surface area contributed by atoms with E-state index in [1.807, 2.05) is 0 Å². The van der Waals surface area contributed by atoms with E-state index in [0.717, 1.165) is 0 Å². The fraction of sp³-hybridized carbons (Fsp3) is 0.333. The summed E-state index contributed by atoms with van der Waals surface area (Å²) in [7, 11) is 0. The third-order valence-corrected chi connectivity index (χ3v) is 4.71. The molecule has 0 bridgehead atoms. The Bertz CT molecular complexity index is 871. The van der Waals surface area contributed by atoms with Crippen LogP contribution in [0.4, 0.5) is 4.39 Å². The Kier molecular flexibility index (Phi) is 5.70. The van der Waals surface area contributed by atoms with Gasteiger partial charge in [-0.1, -0.05) is 17.7 Å². The van der Waals surface area contributed by atoms with Crippen LogP contribution in [-0.2, 0) is 11.3 Å². The molecule has 8 heteroatoms. The van der Waals surface area contributed by atoms with E-state index in [1.54, 1.807) is 18.3 Å². The van der Waals surface area contributed by atoms with Crippen LogP contribution >= 0.6 is 11.6 Å². The monoisotopic (exact) mass is 379 g/mol. The van der Waals surface area contributed by atoms with Gasteiger partial charge in [-0.3, -0.25) is 9.59 Å². The van der Waals surface area contributed by atoms with Crippen LogP contribution in [0.1, 0.15) is 22.0 Å². The van der Waals surface area contributed by atoms with Gasteiger partial charge >= 0.3 is 0 Å². The van der Waals surface area contributed by atoms with Gasteiger partial charge in [-0.15, -0.1) is 0 Å². The Morgan fingerprint density at radius 2 is 2.23 bits per heavy atom. The highest BCUT2D eigenvalue weighted by Crippen LogP contribution is 2.30. The summed E-state index contributed by atoms with van der Waals surface area (Å²) in [5.74, 6) is -1.44. The molecular formula is C18H19ClFN3O3. The van der Waals surface area contributed by atoms with Crippen molar-refractivity contribution in [2.75, 3.05) is 19.7 Å². The molecule has 1 aliphatic heterocycles. The van der Waals surface area contributed by atoms with Gasteiger partial charge in [0.1, 0.15) is 11.4 Å². The molecule has 2 atom stereocenters. The minimum Gasteiger partial charge on any atom is -0.372 e. The number of pyridine rings is 1. The van der Waals surface area contributed by atoms with Crippen LogP contribution in [0.25, 0.3) is 0 Å². The van der Waals surface area contributed by atoms with E-state index in [9.17, 15) is 14.0 Å². The van der Waals surface area contributed by atoms with E-state index < -0.39 is 23.4 Å². The minimum absolute atomic E-state index is 0.0439. The molecule has 6 nitrogen and oxygen atoms in total. The Morgan fingerprint density at radius 1 is 1.42 bits per heavy atom. The summed E-state index contributed by atoms with van der Waals surface area (Å²) in [6, 6.07) is 7.56.